The van der Waals surface area contributed by atoms with Gasteiger partial charge in [0.2, 0.25) is 5.91 Å². The first-order valence-electron chi connectivity index (χ1n) is 11.6. The highest BCUT2D eigenvalue weighted by molar-refractivity contribution is 6.07. The van der Waals surface area contributed by atoms with Crippen molar-refractivity contribution >= 4 is 17.5 Å². The summed E-state index contributed by atoms with van der Waals surface area (Å²) in [4.78, 5) is 25.3. The largest absolute Gasteiger partial charge is 0.389 e. The van der Waals surface area contributed by atoms with Gasteiger partial charge in [-0.25, -0.2) is 4.39 Å². The Hall–Kier alpha value is -3.82. The summed E-state index contributed by atoms with van der Waals surface area (Å²) in [7, 11) is 1.53. The number of ether oxygens (including phenoxy) is 1. The van der Waals surface area contributed by atoms with Gasteiger partial charge in [-0.1, -0.05) is 24.3 Å². The molecule has 0 saturated carbocycles. The molecule has 0 unspecified atom stereocenters. The smallest absolute Gasteiger partial charge is 0.253 e. The van der Waals surface area contributed by atoms with Crippen LogP contribution in [0.1, 0.15) is 29.2 Å². The molecule has 4 rings (SSSR count). The van der Waals surface area contributed by atoms with E-state index in [2.05, 4.69) is 15.7 Å². The number of aliphatic hydroxyl groups excluding tert-OH is 1. The number of nitrogens with one attached hydrogen (secondary N) is 2. The summed E-state index contributed by atoms with van der Waals surface area (Å²) in [6.45, 7) is 4.31. The molecule has 0 fully saturated rings. The SMILES string of the molecule is COC[C@@H](O)Cn1nc(-c2ccc(C)c(NC(=O)C3=CNC(=O)C[C@H]3c3ccc(F)cc3)c2)cc1C. The van der Waals surface area contributed by atoms with E-state index in [0.717, 1.165) is 16.8 Å². The number of aryl methyl sites for hydroxylation is 2. The number of amides is 2. The van der Waals surface area contributed by atoms with E-state index in [-0.39, 0.29) is 30.7 Å². The zero-order valence-corrected chi connectivity index (χ0v) is 20.4. The van der Waals surface area contributed by atoms with Gasteiger partial charge in [-0.15, -0.1) is 0 Å². The van der Waals surface area contributed by atoms with Crippen molar-refractivity contribution in [2.75, 3.05) is 19.0 Å². The van der Waals surface area contributed by atoms with Gasteiger partial charge in [-0.05, 0) is 49.2 Å². The Kier molecular flexibility index (Phi) is 7.61. The third kappa shape index (κ3) is 5.69. The normalized spacial score (nSPS) is 16.3. The average molecular weight is 493 g/mol. The van der Waals surface area contributed by atoms with Gasteiger partial charge in [0, 0.05) is 48.2 Å². The number of carbonyl (C=O) groups excluding carboxylic acids is 2. The lowest BCUT2D eigenvalue weighted by molar-refractivity contribution is -0.121. The molecule has 188 valence electrons. The summed E-state index contributed by atoms with van der Waals surface area (Å²) in [5, 5.41) is 20.2. The van der Waals surface area contributed by atoms with Crippen molar-refractivity contribution in [1.82, 2.24) is 15.1 Å². The fourth-order valence-electron chi connectivity index (χ4n) is 4.22. The first kappa shape index (κ1) is 25.3. The third-order valence-corrected chi connectivity index (χ3v) is 6.19. The number of aliphatic hydroxyl groups is 1. The Morgan fingerprint density at radius 2 is 2.00 bits per heavy atom. The molecule has 3 aromatic rings. The molecule has 0 saturated heterocycles. The standard InChI is InChI=1S/C27H29FN4O4/c1-16-4-5-19(25-10-17(2)32(31-25)14-21(33)15-36-3)11-24(16)30-27(35)23-13-29-26(34)12-22(23)18-6-8-20(28)9-7-18/h4-11,13,21-22,33H,12,14-15H2,1-3H3,(H,29,34)(H,30,35)/t21-,22-/m0/s1. The van der Waals surface area contributed by atoms with Crippen molar-refractivity contribution in [2.45, 2.75) is 38.8 Å². The second-order valence-electron chi connectivity index (χ2n) is 8.92. The summed E-state index contributed by atoms with van der Waals surface area (Å²) in [5.74, 6) is -1.43. The van der Waals surface area contributed by atoms with Gasteiger partial charge < -0.3 is 20.5 Å². The maximum Gasteiger partial charge on any atom is 0.253 e. The van der Waals surface area contributed by atoms with Crippen LogP contribution in [-0.2, 0) is 20.9 Å². The molecule has 36 heavy (non-hydrogen) atoms. The van der Waals surface area contributed by atoms with E-state index in [0.29, 0.717) is 29.1 Å². The van der Waals surface area contributed by atoms with Gasteiger partial charge in [0.1, 0.15) is 5.82 Å². The predicted octanol–water partition coefficient (Wildman–Crippen LogP) is 3.44. The number of aromatic nitrogens is 2. The van der Waals surface area contributed by atoms with Crippen LogP contribution < -0.4 is 10.6 Å². The number of benzene rings is 2. The Morgan fingerprint density at radius 1 is 1.25 bits per heavy atom. The summed E-state index contributed by atoms with van der Waals surface area (Å²) in [6.07, 6.45) is 0.841. The lowest BCUT2D eigenvalue weighted by Gasteiger charge is -2.24. The summed E-state index contributed by atoms with van der Waals surface area (Å²) in [5.41, 5.74) is 4.95. The third-order valence-electron chi connectivity index (χ3n) is 6.19. The van der Waals surface area contributed by atoms with E-state index in [4.69, 9.17) is 4.74 Å². The highest BCUT2D eigenvalue weighted by Crippen LogP contribution is 2.32. The minimum absolute atomic E-state index is 0.0928. The molecule has 0 aliphatic carbocycles. The second kappa shape index (κ2) is 10.8. The lowest BCUT2D eigenvalue weighted by atomic mass is 9.86. The summed E-state index contributed by atoms with van der Waals surface area (Å²) >= 11 is 0. The Labute approximate surface area is 208 Å². The molecule has 1 aromatic heterocycles. The number of hydrogen-bond acceptors (Lipinski definition) is 5. The molecule has 2 aromatic carbocycles. The monoisotopic (exact) mass is 492 g/mol. The van der Waals surface area contributed by atoms with Crippen LogP contribution in [0, 0.1) is 19.7 Å². The highest BCUT2D eigenvalue weighted by Gasteiger charge is 2.29. The minimum atomic E-state index is -0.673. The molecule has 2 heterocycles. The number of rotatable bonds is 8. The van der Waals surface area contributed by atoms with E-state index in [9.17, 15) is 19.1 Å². The van der Waals surface area contributed by atoms with Gasteiger partial charge >= 0.3 is 0 Å². The molecule has 9 heteroatoms. The van der Waals surface area contributed by atoms with E-state index >= 15 is 0 Å². The van der Waals surface area contributed by atoms with Crippen molar-refractivity contribution in [3.8, 4) is 11.3 Å². The summed E-state index contributed by atoms with van der Waals surface area (Å²) < 4.78 is 20.1. The van der Waals surface area contributed by atoms with Crippen LogP contribution in [0.15, 0.2) is 60.3 Å². The number of methoxy groups -OCH3 is 1. The summed E-state index contributed by atoms with van der Waals surface area (Å²) in [6, 6.07) is 13.4. The van der Waals surface area contributed by atoms with E-state index < -0.39 is 12.0 Å². The van der Waals surface area contributed by atoms with E-state index in [1.165, 1.54) is 25.4 Å². The topological polar surface area (TPSA) is 105 Å². The van der Waals surface area contributed by atoms with Crippen LogP contribution in [0.3, 0.4) is 0 Å². The zero-order chi connectivity index (χ0) is 25.8. The van der Waals surface area contributed by atoms with Gasteiger partial charge in [-0.2, -0.15) is 5.10 Å². The van der Waals surface area contributed by atoms with Gasteiger partial charge in [0.05, 0.1) is 24.9 Å². The zero-order valence-electron chi connectivity index (χ0n) is 20.4. The number of nitrogens with zero attached hydrogens (tertiary/aromatic N) is 2. The van der Waals surface area contributed by atoms with Crippen molar-refractivity contribution < 1.29 is 23.8 Å². The van der Waals surface area contributed by atoms with E-state index in [1.54, 1.807) is 16.8 Å². The van der Waals surface area contributed by atoms with Crippen LogP contribution >= 0.6 is 0 Å². The predicted molar refractivity (Wildman–Crippen MR) is 134 cm³/mol. The molecule has 0 spiro atoms. The number of carbonyl (C=O) groups is 2. The Balaban J connectivity index is 1.57. The number of hydrogen-bond donors (Lipinski definition) is 3. The molecular weight excluding hydrogens is 463 g/mol. The molecule has 0 bridgehead atoms. The molecule has 2 atom stereocenters. The second-order valence-corrected chi connectivity index (χ2v) is 8.92. The molecule has 3 N–H and O–H groups in total. The van der Waals surface area contributed by atoms with Crippen LogP contribution in [0.5, 0.6) is 0 Å². The number of anilines is 1. The van der Waals surface area contributed by atoms with E-state index in [1.807, 2.05) is 38.1 Å². The minimum Gasteiger partial charge on any atom is -0.389 e. The van der Waals surface area contributed by atoms with Crippen LogP contribution in [0.25, 0.3) is 11.3 Å². The van der Waals surface area contributed by atoms with Gasteiger partial charge in [0.15, 0.2) is 0 Å². The molecule has 1 aliphatic heterocycles. The average Bonchev–Trinajstić information content (AvgIpc) is 3.20. The molecule has 2 amide bonds. The maximum absolute atomic E-state index is 13.4. The molecule has 0 radical (unpaired) electrons. The molecule has 1 aliphatic rings. The van der Waals surface area contributed by atoms with Gasteiger partial charge in [-0.3, -0.25) is 14.3 Å². The van der Waals surface area contributed by atoms with Crippen molar-refractivity contribution in [3.63, 3.8) is 0 Å². The number of halogens is 1. The van der Waals surface area contributed by atoms with Crippen LogP contribution in [0.4, 0.5) is 10.1 Å². The highest BCUT2D eigenvalue weighted by atomic mass is 19.1. The first-order chi connectivity index (χ1) is 17.2. The Morgan fingerprint density at radius 3 is 2.72 bits per heavy atom. The molecule has 8 nitrogen and oxygen atoms in total. The van der Waals surface area contributed by atoms with Crippen LogP contribution in [-0.4, -0.2) is 46.5 Å². The van der Waals surface area contributed by atoms with Gasteiger partial charge in [0.25, 0.3) is 5.91 Å². The van der Waals surface area contributed by atoms with Crippen molar-refractivity contribution in [3.05, 3.63) is 82.9 Å². The van der Waals surface area contributed by atoms with Crippen molar-refractivity contribution in [2.24, 2.45) is 0 Å². The lowest BCUT2D eigenvalue weighted by Crippen LogP contribution is -2.32. The fourth-order valence-corrected chi connectivity index (χ4v) is 4.22. The fraction of sp³-hybridized carbons (Fsp3) is 0.296. The Bertz CT molecular complexity index is 1300. The maximum atomic E-state index is 13.4. The van der Waals surface area contributed by atoms with Crippen LogP contribution in [0.2, 0.25) is 0 Å². The van der Waals surface area contributed by atoms with Crippen molar-refractivity contribution in [1.29, 1.82) is 0 Å². The molecular formula is C27H29FN4O4. The quantitative estimate of drug-likeness (QED) is 0.447. The first-order valence-corrected chi connectivity index (χ1v) is 11.6.